The summed E-state index contributed by atoms with van der Waals surface area (Å²) in [7, 11) is 0. The molecule has 162 valence electrons. The largest absolute Gasteiger partial charge is 0.349 e. The molecule has 7 nitrogen and oxygen atoms in total. The molecule has 0 unspecified atom stereocenters. The molecule has 0 saturated heterocycles. The van der Waals surface area contributed by atoms with Gasteiger partial charge in [0.05, 0.1) is 5.69 Å². The zero-order chi connectivity index (χ0) is 22.4. The van der Waals surface area contributed by atoms with Gasteiger partial charge in [-0.3, -0.25) is 14.6 Å². The normalized spacial score (nSPS) is 12.3. The summed E-state index contributed by atoms with van der Waals surface area (Å²) in [6.07, 6.45) is 2.28. The Bertz CT molecular complexity index is 1010. The Morgan fingerprint density at radius 3 is 2.52 bits per heavy atom. The molecule has 0 radical (unpaired) electrons. The molecule has 1 aromatic carbocycles. The van der Waals surface area contributed by atoms with Crippen LogP contribution in [-0.4, -0.2) is 36.8 Å². The quantitative estimate of drug-likeness (QED) is 0.575. The van der Waals surface area contributed by atoms with Crippen LogP contribution in [0.1, 0.15) is 55.0 Å². The van der Waals surface area contributed by atoms with Crippen LogP contribution in [-0.2, 0) is 11.3 Å². The molecule has 3 rings (SSSR count). The molecule has 0 bridgehead atoms. The van der Waals surface area contributed by atoms with Crippen molar-refractivity contribution >= 4 is 23.3 Å². The monoisotopic (exact) mass is 441 g/mol. The summed E-state index contributed by atoms with van der Waals surface area (Å²) in [5.41, 5.74) is 0.749. The van der Waals surface area contributed by atoms with Gasteiger partial charge in [0, 0.05) is 23.7 Å². The number of carbonyl (C=O) groups is 2. The highest BCUT2D eigenvalue weighted by atomic mass is 32.1. The molecule has 3 aromatic rings. The summed E-state index contributed by atoms with van der Waals surface area (Å²) >= 11 is 1.05. The van der Waals surface area contributed by atoms with Gasteiger partial charge in [0.25, 0.3) is 5.91 Å². The number of carbonyl (C=O) groups excluding carboxylic acids is 2. The smallest absolute Gasteiger partial charge is 0.276 e. The maximum Gasteiger partial charge on any atom is 0.276 e. The number of nitrogens with zero attached hydrogens (tertiary/aromatic N) is 4. The summed E-state index contributed by atoms with van der Waals surface area (Å²) in [4.78, 5) is 32.6. The van der Waals surface area contributed by atoms with Gasteiger partial charge in [0.2, 0.25) is 5.91 Å². The lowest BCUT2D eigenvalue weighted by Gasteiger charge is -2.33. The van der Waals surface area contributed by atoms with Crippen LogP contribution in [0.15, 0.2) is 54.0 Å². The van der Waals surface area contributed by atoms with Gasteiger partial charge in [-0.1, -0.05) is 29.6 Å². The Morgan fingerprint density at radius 2 is 1.94 bits per heavy atom. The van der Waals surface area contributed by atoms with Gasteiger partial charge in [-0.05, 0) is 61.6 Å². The molecule has 9 heteroatoms. The minimum Gasteiger partial charge on any atom is -0.349 e. The van der Waals surface area contributed by atoms with Gasteiger partial charge in [0.15, 0.2) is 11.7 Å². The van der Waals surface area contributed by atoms with Crippen molar-refractivity contribution in [2.24, 2.45) is 0 Å². The molecular formula is C22H24FN5O2S. The van der Waals surface area contributed by atoms with Crippen molar-refractivity contribution in [2.45, 2.75) is 45.3 Å². The first-order chi connectivity index (χ1) is 14.8. The third-order valence-corrected chi connectivity index (χ3v) is 5.48. The van der Waals surface area contributed by atoms with Crippen molar-refractivity contribution in [3.05, 3.63) is 76.8 Å². The van der Waals surface area contributed by atoms with Gasteiger partial charge in [-0.15, -0.1) is 5.10 Å². The first kappa shape index (κ1) is 22.5. The second-order valence-electron chi connectivity index (χ2n) is 7.73. The Morgan fingerprint density at radius 1 is 1.19 bits per heavy atom. The summed E-state index contributed by atoms with van der Waals surface area (Å²) in [5.74, 6) is -1.20. The fourth-order valence-corrected chi connectivity index (χ4v) is 3.37. The summed E-state index contributed by atoms with van der Waals surface area (Å²) in [6, 6.07) is 10.00. The molecule has 2 aromatic heterocycles. The zero-order valence-corrected chi connectivity index (χ0v) is 18.4. The van der Waals surface area contributed by atoms with Crippen LogP contribution >= 0.6 is 11.5 Å². The van der Waals surface area contributed by atoms with Crippen LogP contribution in [0.3, 0.4) is 0 Å². The molecule has 0 fully saturated rings. The van der Waals surface area contributed by atoms with E-state index in [2.05, 4.69) is 19.9 Å². The Labute approximate surface area is 184 Å². The van der Waals surface area contributed by atoms with Crippen LogP contribution in [0.4, 0.5) is 4.39 Å². The number of rotatable bonds is 8. The lowest BCUT2D eigenvalue weighted by Crippen LogP contribution is -2.50. The molecule has 0 aliphatic carbocycles. The highest BCUT2D eigenvalue weighted by Crippen LogP contribution is 2.25. The molecule has 0 saturated carbocycles. The minimum absolute atomic E-state index is 0.0673. The summed E-state index contributed by atoms with van der Waals surface area (Å²) < 4.78 is 17.2. The Balaban J connectivity index is 2.05. The van der Waals surface area contributed by atoms with E-state index in [9.17, 15) is 14.0 Å². The van der Waals surface area contributed by atoms with Crippen molar-refractivity contribution in [1.29, 1.82) is 0 Å². The van der Waals surface area contributed by atoms with Crippen molar-refractivity contribution in [2.75, 3.05) is 0 Å². The topological polar surface area (TPSA) is 88.1 Å². The van der Waals surface area contributed by atoms with Crippen LogP contribution in [0.2, 0.25) is 0 Å². The first-order valence-electron chi connectivity index (χ1n) is 9.86. The fraction of sp³-hybridized carbons (Fsp3) is 0.318. The van der Waals surface area contributed by atoms with Gasteiger partial charge in [-0.25, -0.2) is 4.39 Å². The first-order valence-corrected chi connectivity index (χ1v) is 10.7. The van der Waals surface area contributed by atoms with E-state index in [1.54, 1.807) is 36.5 Å². The standard InChI is InChI=1S/C22H24FN5O2S/c1-4-22(2,3)25-20(29)19(17-7-5-6-12-24-17)28(21(30)18-14-31-27-26-18)13-15-8-10-16(23)11-9-15/h5-12,14,19H,4,13H2,1-3H3,(H,25,29)/t19-/m0/s1. The molecule has 2 heterocycles. The lowest BCUT2D eigenvalue weighted by atomic mass is 10.00. The second kappa shape index (κ2) is 9.74. The molecule has 31 heavy (non-hydrogen) atoms. The van der Waals surface area contributed by atoms with Crippen molar-refractivity contribution in [3.63, 3.8) is 0 Å². The van der Waals surface area contributed by atoms with Crippen molar-refractivity contribution < 1.29 is 14.0 Å². The van der Waals surface area contributed by atoms with Crippen LogP contribution in [0, 0.1) is 5.82 Å². The Hall–Kier alpha value is -3.20. The number of benzene rings is 1. The number of hydrogen-bond donors (Lipinski definition) is 1. The summed E-state index contributed by atoms with van der Waals surface area (Å²) in [6.45, 7) is 5.87. The highest BCUT2D eigenvalue weighted by molar-refractivity contribution is 7.03. The van der Waals surface area contributed by atoms with E-state index in [1.165, 1.54) is 22.4 Å². The van der Waals surface area contributed by atoms with E-state index in [-0.39, 0.29) is 24.0 Å². The maximum atomic E-state index is 13.4. The van der Waals surface area contributed by atoms with E-state index in [0.717, 1.165) is 11.5 Å². The van der Waals surface area contributed by atoms with Gasteiger partial charge < -0.3 is 10.2 Å². The highest BCUT2D eigenvalue weighted by Gasteiger charge is 2.36. The van der Waals surface area contributed by atoms with E-state index < -0.39 is 17.5 Å². The predicted molar refractivity (Wildman–Crippen MR) is 116 cm³/mol. The van der Waals surface area contributed by atoms with Crippen LogP contribution in [0.25, 0.3) is 0 Å². The summed E-state index contributed by atoms with van der Waals surface area (Å²) in [5, 5.41) is 8.43. The zero-order valence-electron chi connectivity index (χ0n) is 17.6. The lowest BCUT2D eigenvalue weighted by molar-refractivity contribution is -0.128. The number of halogens is 1. The molecule has 1 N–H and O–H groups in total. The third kappa shape index (κ3) is 5.69. The fourth-order valence-electron chi connectivity index (χ4n) is 2.94. The minimum atomic E-state index is -1.01. The second-order valence-corrected chi connectivity index (χ2v) is 8.34. The average molecular weight is 442 g/mol. The van der Waals surface area contributed by atoms with Gasteiger partial charge >= 0.3 is 0 Å². The van der Waals surface area contributed by atoms with Gasteiger partial charge in [0.1, 0.15) is 5.82 Å². The number of pyridine rings is 1. The maximum absolute atomic E-state index is 13.4. The number of aromatic nitrogens is 3. The molecule has 0 aliphatic rings. The van der Waals surface area contributed by atoms with E-state index in [4.69, 9.17) is 0 Å². The van der Waals surface area contributed by atoms with E-state index in [1.807, 2.05) is 20.8 Å². The molecule has 1 atom stereocenters. The molecule has 2 amide bonds. The van der Waals surface area contributed by atoms with E-state index in [0.29, 0.717) is 17.7 Å². The predicted octanol–water partition coefficient (Wildman–Crippen LogP) is 3.76. The van der Waals surface area contributed by atoms with Crippen molar-refractivity contribution in [3.8, 4) is 0 Å². The van der Waals surface area contributed by atoms with Gasteiger partial charge in [-0.2, -0.15) is 0 Å². The molecule has 0 aliphatic heterocycles. The Kier molecular flexibility index (Phi) is 7.06. The average Bonchev–Trinajstić information content (AvgIpc) is 3.29. The van der Waals surface area contributed by atoms with Crippen LogP contribution < -0.4 is 5.32 Å². The SMILES string of the molecule is CCC(C)(C)NC(=O)[C@H](c1ccccn1)N(Cc1ccc(F)cc1)C(=O)c1csnn1. The van der Waals surface area contributed by atoms with Crippen LogP contribution in [0.5, 0.6) is 0 Å². The van der Waals surface area contributed by atoms with E-state index >= 15 is 0 Å². The number of hydrogen-bond acceptors (Lipinski definition) is 6. The number of amides is 2. The number of nitrogens with one attached hydrogen (secondary N) is 1. The molecule has 0 spiro atoms. The molecular weight excluding hydrogens is 417 g/mol. The third-order valence-electron chi connectivity index (χ3n) is 4.98. The van der Waals surface area contributed by atoms with Crippen molar-refractivity contribution in [1.82, 2.24) is 24.8 Å².